The Bertz CT molecular complexity index is 361. The Morgan fingerprint density at radius 3 is 2.27 bits per heavy atom. The Morgan fingerprint density at radius 1 is 1.53 bits per heavy atom. The normalized spacial score (nSPS) is 11.3. The third-order valence-corrected chi connectivity index (χ3v) is 0.950. The summed E-state index contributed by atoms with van der Waals surface area (Å²) < 4.78 is 39.0. The van der Waals surface area contributed by atoms with Crippen molar-refractivity contribution in [3.05, 3.63) is 22.9 Å². The number of allylic oxidation sites excluding steroid dienone is 1. The van der Waals surface area contributed by atoms with Crippen LogP contribution in [0.15, 0.2) is 11.5 Å². The average molecular weight is 264 g/mol. The average Bonchev–Trinajstić information content (AvgIpc) is 2.04. The molecule has 0 aliphatic heterocycles. The van der Waals surface area contributed by atoms with Gasteiger partial charge in [-0.3, -0.25) is 4.79 Å². The fraction of sp³-hybridized carbons (Fsp3) is 0.143. The summed E-state index contributed by atoms with van der Waals surface area (Å²) >= 11 is 0. The number of terminal acetylenes is 1. The molecular weight excluding hydrogens is 262 g/mol. The van der Waals surface area contributed by atoms with Crippen LogP contribution in [0.4, 0.5) is 13.2 Å². The van der Waals surface area contributed by atoms with E-state index in [2.05, 4.69) is 16.0 Å². The summed E-state index contributed by atoms with van der Waals surface area (Å²) in [6.45, 7) is 6.22. The predicted molar refractivity (Wildman–Crippen MR) is 37.2 cm³/mol. The summed E-state index contributed by atoms with van der Waals surface area (Å²) in [7, 11) is 0. The van der Waals surface area contributed by atoms with Crippen molar-refractivity contribution in [3.63, 3.8) is 0 Å². The molecule has 8 heteroatoms. The summed E-state index contributed by atoms with van der Waals surface area (Å²) in [4.78, 5) is 12.7. The monoisotopic (exact) mass is 263 g/mol. The topological polar surface area (TPSA) is 50.9 Å². The van der Waals surface area contributed by atoms with E-state index in [0.717, 1.165) is 0 Å². The molecule has 0 aromatic heterocycles. The van der Waals surface area contributed by atoms with Crippen molar-refractivity contribution < 1.29 is 44.3 Å². The molecule has 0 saturated heterocycles. The number of rotatable bonds is 1. The minimum atomic E-state index is -5.19. The standard InChI is InChI=1S/C7H2F3NO3.Ni/c1-3-14-6(13)4(11-2)5(12)7(8,9)10;/h1,12H;/b5-4+;. The van der Waals surface area contributed by atoms with E-state index in [1.807, 2.05) is 0 Å². The molecule has 0 aliphatic rings. The molecule has 0 aromatic carbocycles. The molecule has 1 N–H and O–H groups in total. The minimum absolute atomic E-state index is 0. The molecule has 0 heterocycles. The number of carbonyl (C=O) groups is 1. The molecule has 0 atom stereocenters. The molecule has 0 amide bonds. The van der Waals surface area contributed by atoms with Gasteiger partial charge in [0.2, 0.25) is 5.76 Å². The third kappa shape index (κ3) is 4.39. The largest absolute Gasteiger partial charge is 0.515 e. The third-order valence-electron chi connectivity index (χ3n) is 0.950. The second-order valence-electron chi connectivity index (χ2n) is 1.81. The van der Waals surface area contributed by atoms with Crippen LogP contribution >= 0.6 is 0 Å². The second kappa shape index (κ2) is 5.95. The molecule has 0 rings (SSSR count). The van der Waals surface area contributed by atoms with Crippen LogP contribution in [0.3, 0.4) is 0 Å². The number of hydrogen-bond acceptors (Lipinski definition) is 3. The van der Waals surface area contributed by atoms with Crippen LogP contribution in [0.1, 0.15) is 0 Å². The van der Waals surface area contributed by atoms with Crippen molar-refractivity contribution >= 4 is 5.97 Å². The van der Waals surface area contributed by atoms with E-state index in [9.17, 15) is 18.0 Å². The van der Waals surface area contributed by atoms with E-state index in [1.54, 1.807) is 0 Å². The molecule has 0 radical (unpaired) electrons. The zero-order valence-corrected chi connectivity index (χ0v) is 7.73. The van der Waals surface area contributed by atoms with Gasteiger partial charge in [0.25, 0.3) is 0 Å². The van der Waals surface area contributed by atoms with Crippen LogP contribution in [0.5, 0.6) is 0 Å². The maximum absolute atomic E-state index is 11.8. The summed E-state index contributed by atoms with van der Waals surface area (Å²) in [5.41, 5.74) is -1.60. The Morgan fingerprint density at radius 2 is 2.00 bits per heavy atom. The Balaban J connectivity index is 0. The summed E-state index contributed by atoms with van der Waals surface area (Å²) in [5, 5.41) is 8.41. The van der Waals surface area contributed by atoms with Crippen molar-refractivity contribution in [1.29, 1.82) is 0 Å². The fourth-order valence-electron chi connectivity index (χ4n) is 0.431. The van der Waals surface area contributed by atoms with E-state index < -0.39 is 23.6 Å². The molecule has 0 aliphatic carbocycles. The molecular formula is C7H2F3NNiO3. The Kier molecular flexibility index (Phi) is 6.26. The number of aliphatic hydroxyl groups is 1. The second-order valence-corrected chi connectivity index (χ2v) is 1.81. The van der Waals surface area contributed by atoms with Gasteiger partial charge in [-0.15, -0.1) is 0 Å². The van der Waals surface area contributed by atoms with Gasteiger partial charge < -0.3 is 9.84 Å². The molecule has 0 aromatic rings. The molecule has 15 heavy (non-hydrogen) atoms. The van der Waals surface area contributed by atoms with Crippen LogP contribution in [0, 0.1) is 19.1 Å². The molecule has 0 spiro atoms. The number of nitrogens with zero attached hydrogens (tertiary/aromatic N) is 1. The van der Waals surface area contributed by atoms with Gasteiger partial charge in [-0.25, -0.2) is 4.85 Å². The van der Waals surface area contributed by atoms with E-state index >= 15 is 0 Å². The predicted octanol–water partition coefficient (Wildman–Crippen LogP) is 1.37. The van der Waals surface area contributed by atoms with Crippen molar-refractivity contribution in [2.45, 2.75) is 6.18 Å². The smallest absolute Gasteiger partial charge is 0.438 e. The molecule has 0 saturated carbocycles. The minimum Gasteiger partial charge on any atom is -0.515 e. The van der Waals surface area contributed by atoms with Crippen LogP contribution < -0.4 is 0 Å². The van der Waals surface area contributed by atoms with Crippen LogP contribution in [-0.2, 0) is 26.0 Å². The van der Waals surface area contributed by atoms with Crippen LogP contribution in [0.25, 0.3) is 4.85 Å². The van der Waals surface area contributed by atoms with Gasteiger partial charge in [0.1, 0.15) is 6.11 Å². The molecule has 4 nitrogen and oxygen atoms in total. The number of hydrogen-bond donors (Lipinski definition) is 1. The zero-order valence-electron chi connectivity index (χ0n) is 6.74. The van der Waals surface area contributed by atoms with Gasteiger partial charge in [0, 0.05) is 16.5 Å². The first-order valence-electron chi connectivity index (χ1n) is 2.89. The van der Waals surface area contributed by atoms with Gasteiger partial charge >= 0.3 is 17.8 Å². The first-order valence-corrected chi connectivity index (χ1v) is 2.89. The van der Waals surface area contributed by atoms with E-state index in [1.165, 1.54) is 6.11 Å². The number of carbonyl (C=O) groups excluding carboxylic acids is 1. The SMILES string of the molecule is [C-]#[N+]/C(C(=O)OC#C)=C(/O)C(F)(F)F.[Ni]. The Labute approximate surface area is 92.5 Å². The summed E-state index contributed by atoms with van der Waals surface area (Å²) in [5.74, 6) is -4.05. The Hall–Kier alpha value is -1.66. The van der Waals surface area contributed by atoms with Crippen LogP contribution in [-0.4, -0.2) is 17.3 Å². The molecule has 0 bridgehead atoms. The number of halogens is 3. The van der Waals surface area contributed by atoms with Crippen molar-refractivity contribution in [1.82, 2.24) is 0 Å². The zero-order chi connectivity index (χ0) is 11.4. The number of esters is 1. The number of aliphatic hydroxyl groups excluding tert-OH is 1. The van der Waals surface area contributed by atoms with Gasteiger partial charge in [-0.1, -0.05) is 6.42 Å². The number of ether oxygens (including phenoxy) is 1. The van der Waals surface area contributed by atoms with E-state index in [0.29, 0.717) is 0 Å². The number of alkyl halides is 3. The van der Waals surface area contributed by atoms with Gasteiger partial charge in [0.05, 0.1) is 6.57 Å². The van der Waals surface area contributed by atoms with Crippen molar-refractivity contribution in [2.75, 3.05) is 0 Å². The molecule has 0 unspecified atom stereocenters. The van der Waals surface area contributed by atoms with Crippen molar-refractivity contribution in [3.8, 4) is 12.5 Å². The first kappa shape index (κ1) is 15.8. The van der Waals surface area contributed by atoms with Crippen molar-refractivity contribution in [2.24, 2.45) is 0 Å². The van der Waals surface area contributed by atoms with Gasteiger partial charge in [0.15, 0.2) is 0 Å². The van der Waals surface area contributed by atoms with Crippen LogP contribution in [0.2, 0.25) is 0 Å². The maximum Gasteiger partial charge on any atom is 0.438 e. The van der Waals surface area contributed by atoms with E-state index in [4.69, 9.17) is 11.7 Å². The first-order chi connectivity index (χ1) is 6.34. The summed E-state index contributed by atoms with van der Waals surface area (Å²) in [6, 6.07) is 0. The quantitative estimate of drug-likeness (QED) is 0.194. The molecule has 84 valence electrons. The fourth-order valence-corrected chi connectivity index (χ4v) is 0.431. The maximum atomic E-state index is 11.8. The van der Waals surface area contributed by atoms with E-state index in [-0.39, 0.29) is 16.5 Å². The molecule has 0 fully saturated rings. The van der Waals surface area contributed by atoms with Gasteiger partial charge in [-0.2, -0.15) is 13.2 Å². The van der Waals surface area contributed by atoms with Gasteiger partial charge in [-0.05, 0) is 0 Å². The summed E-state index contributed by atoms with van der Waals surface area (Å²) in [6.07, 6.45) is 0.546.